The van der Waals surface area contributed by atoms with Gasteiger partial charge >= 0.3 is 6.61 Å². The maximum absolute atomic E-state index is 12.1. The average molecular weight is 313 g/mol. The zero-order valence-electron chi connectivity index (χ0n) is 10.0. The zero-order valence-corrected chi connectivity index (χ0v) is 11.7. The standard InChI is InChI=1S/C11H14F2N2O2S.ClH/c12-11(13)17-8-3-5-18-9(8)10(16)15-6-7-2-1-4-14-7;/h3,5,7,11,14H,1-2,4,6H2,(H,15,16);1H. The molecule has 8 heteroatoms. The van der Waals surface area contributed by atoms with Gasteiger partial charge in [0.15, 0.2) is 0 Å². The Kier molecular flexibility index (Phi) is 6.47. The number of carbonyl (C=O) groups is 1. The number of nitrogens with one attached hydrogen (secondary N) is 2. The molecule has 0 spiro atoms. The lowest BCUT2D eigenvalue weighted by molar-refractivity contribution is -0.0498. The number of carbonyl (C=O) groups excluding carboxylic acids is 1. The van der Waals surface area contributed by atoms with Crippen molar-refractivity contribution in [3.8, 4) is 5.75 Å². The van der Waals surface area contributed by atoms with E-state index in [0.717, 1.165) is 30.7 Å². The molecule has 1 aromatic rings. The van der Waals surface area contributed by atoms with Gasteiger partial charge in [0.25, 0.3) is 5.91 Å². The summed E-state index contributed by atoms with van der Waals surface area (Å²) in [6.07, 6.45) is 2.12. The van der Waals surface area contributed by atoms with Crippen LogP contribution in [0.4, 0.5) is 8.78 Å². The zero-order chi connectivity index (χ0) is 13.0. The van der Waals surface area contributed by atoms with Gasteiger partial charge in [0.1, 0.15) is 10.6 Å². The molecule has 1 unspecified atom stereocenters. The van der Waals surface area contributed by atoms with E-state index in [1.165, 1.54) is 6.07 Å². The van der Waals surface area contributed by atoms with Crippen molar-refractivity contribution in [3.05, 3.63) is 16.3 Å². The Labute approximate surface area is 119 Å². The first-order valence-corrected chi connectivity index (χ1v) is 6.58. The third-order valence-electron chi connectivity index (χ3n) is 2.72. The van der Waals surface area contributed by atoms with Crippen molar-refractivity contribution in [1.82, 2.24) is 10.6 Å². The normalized spacial score (nSPS) is 18.2. The summed E-state index contributed by atoms with van der Waals surface area (Å²) in [6.45, 7) is -1.45. The average Bonchev–Trinajstić information content (AvgIpc) is 2.95. The number of amides is 1. The summed E-state index contributed by atoms with van der Waals surface area (Å²) in [5, 5.41) is 7.52. The Morgan fingerprint density at radius 1 is 1.63 bits per heavy atom. The van der Waals surface area contributed by atoms with Gasteiger partial charge in [-0.1, -0.05) is 0 Å². The van der Waals surface area contributed by atoms with E-state index in [9.17, 15) is 13.6 Å². The van der Waals surface area contributed by atoms with E-state index in [4.69, 9.17) is 0 Å². The van der Waals surface area contributed by atoms with Crippen molar-refractivity contribution < 1.29 is 18.3 Å². The first-order valence-electron chi connectivity index (χ1n) is 5.70. The van der Waals surface area contributed by atoms with Crippen LogP contribution in [0.25, 0.3) is 0 Å². The van der Waals surface area contributed by atoms with Gasteiger partial charge in [-0.2, -0.15) is 8.78 Å². The summed E-state index contributed by atoms with van der Waals surface area (Å²) in [7, 11) is 0. The molecule has 1 fully saturated rings. The molecule has 0 aliphatic carbocycles. The Balaban J connectivity index is 0.00000180. The smallest absolute Gasteiger partial charge is 0.387 e. The molecule has 2 rings (SSSR count). The molecule has 108 valence electrons. The van der Waals surface area contributed by atoms with Gasteiger partial charge in [-0.05, 0) is 30.8 Å². The van der Waals surface area contributed by atoms with Gasteiger partial charge in [0.2, 0.25) is 0 Å². The van der Waals surface area contributed by atoms with Crippen LogP contribution in [0.2, 0.25) is 0 Å². The lowest BCUT2D eigenvalue weighted by Gasteiger charge is -2.11. The summed E-state index contributed by atoms with van der Waals surface area (Å²) in [5.41, 5.74) is 0. The fourth-order valence-corrected chi connectivity index (χ4v) is 2.62. The largest absolute Gasteiger partial charge is 0.433 e. The fraction of sp³-hybridized carbons (Fsp3) is 0.545. The van der Waals surface area contributed by atoms with E-state index in [2.05, 4.69) is 15.4 Å². The highest BCUT2D eigenvalue weighted by Gasteiger charge is 2.19. The van der Waals surface area contributed by atoms with E-state index in [-0.39, 0.29) is 35.0 Å². The summed E-state index contributed by atoms with van der Waals surface area (Å²) >= 11 is 1.09. The number of alkyl halides is 2. The van der Waals surface area contributed by atoms with E-state index in [0.29, 0.717) is 6.54 Å². The highest BCUT2D eigenvalue weighted by Crippen LogP contribution is 2.26. The number of ether oxygens (including phenoxy) is 1. The highest BCUT2D eigenvalue weighted by molar-refractivity contribution is 7.12. The molecule has 2 heterocycles. The minimum Gasteiger partial charge on any atom is -0.433 e. The van der Waals surface area contributed by atoms with Crippen molar-refractivity contribution in [3.63, 3.8) is 0 Å². The van der Waals surface area contributed by atoms with Crippen LogP contribution in [0.1, 0.15) is 22.5 Å². The van der Waals surface area contributed by atoms with Crippen LogP contribution in [0.15, 0.2) is 11.4 Å². The minimum atomic E-state index is -2.91. The predicted molar refractivity (Wildman–Crippen MR) is 71.6 cm³/mol. The van der Waals surface area contributed by atoms with E-state index >= 15 is 0 Å². The van der Waals surface area contributed by atoms with Gasteiger partial charge in [0.05, 0.1) is 0 Å². The molecule has 2 N–H and O–H groups in total. The quantitative estimate of drug-likeness (QED) is 0.877. The Hall–Kier alpha value is -0.920. The Bertz CT molecular complexity index is 411. The SMILES string of the molecule is Cl.O=C(NCC1CCCN1)c1sccc1OC(F)F. The summed E-state index contributed by atoms with van der Waals surface area (Å²) < 4.78 is 28.5. The molecule has 4 nitrogen and oxygen atoms in total. The molecule has 19 heavy (non-hydrogen) atoms. The second-order valence-electron chi connectivity index (χ2n) is 4.00. The van der Waals surface area contributed by atoms with Crippen molar-refractivity contribution in [2.45, 2.75) is 25.5 Å². The molecular weight excluding hydrogens is 298 g/mol. The molecule has 1 aliphatic rings. The number of rotatable bonds is 5. The molecule has 0 radical (unpaired) electrons. The molecule has 1 atom stereocenters. The highest BCUT2D eigenvalue weighted by atomic mass is 35.5. The summed E-state index contributed by atoms with van der Waals surface area (Å²) in [6, 6.07) is 1.65. The van der Waals surface area contributed by atoms with Crippen molar-refractivity contribution in [2.75, 3.05) is 13.1 Å². The topological polar surface area (TPSA) is 50.4 Å². The number of hydrogen-bond acceptors (Lipinski definition) is 4. The Morgan fingerprint density at radius 3 is 3.05 bits per heavy atom. The molecule has 1 aliphatic heterocycles. The first kappa shape index (κ1) is 16.1. The van der Waals surface area contributed by atoms with Crippen molar-refractivity contribution in [2.24, 2.45) is 0 Å². The van der Waals surface area contributed by atoms with Crippen LogP contribution in [-0.4, -0.2) is 31.7 Å². The molecule has 0 aromatic carbocycles. The molecule has 1 saturated heterocycles. The van der Waals surface area contributed by atoms with Crippen LogP contribution in [0.5, 0.6) is 5.75 Å². The maximum atomic E-state index is 12.1. The first-order chi connectivity index (χ1) is 8.66. The fourth-order valence-electron chi connectivity index (χ4n) is 1.88. The van der Waals surface area contributed by atoms with Gasteiger partial charge in [-0.25, -0.2) is 0 Å². The minimum absolute atomic E-state index is 0. The van der Waals surface area contributed by atoms with Crippen molar-refractivity contribution in [1.29, 1.82) is 0 Å². The van der Waals surface area contributed by atoms with Gasteiger partial charge in [-0.3, -0.25) is 4.79 Å². The van der Waals surface area contributed by atoms with Crippen molar-refractivity contribution >= 4 is 29.7 Å². The third kappa shape index (κ3) is 4.59. The number of halogens is 3. The van der Waals surface area contributed by atoms with Crippen LogP contribution in [-0.2, 0) is 0 Å². The van der Waals surface area contributed by atoms with E-state index in [1.54, 1.807) is 5.38 Å². The molecule has 0 bridgehead atoms. The lowest BCUT2D eigenvalue weighted by atomic mass is 10.2. The lowest BCUT2D eigenvalue weighted by Crippen LogP contribution is -2.37. The summed E-state index contributed by atoms with van der Waals surface area (Å²) in [4.78, 5) is 12.0. The van der Waals surface area contributed by atoms with E-state index < -0.39 is 6.61 Å². The number of thiophene rings is 1. The van der Waals surface area contributed by atoms with Gasteiger partial charge < -0.3 is 15.4 Å². The second kappa shape index (κ2) is 7.62. The predicted octanol–water partition coefficient (Wildman–Crippen LogP) is 2.25. The van der Waals surface area contributed by atoms with Gasteiger partial charge in [-0.15, -0.1) is 23.7 Å². The van der Waals surface area contributed by atoms with E-state index in [1.807, 2.05) is 0 Å². The van der Waals surface area contributed by atoms with Crippen LogP contribution >= 0.6 is 23.7 Å². The molecule has 1 amide bonds. The molecule has 0 saturated carbocycles. The monoisotopic (exact) mass is 312 g/mol. The number of hydrogen-bond donors (Lipinski definition) is 2. The van der Waals surface area contributed by atoms with Crippen LogP contribution < -0.4 is 15.4 Å². The van der Waals surface area contributed by atoms with Crippen LogP contribution in [0, 0.1) is 0 Å². The summed E-state index contributed by atoms with van der Waals surface area (Å²) in [5.74, 6) is -0.429. The van der Waals surface area contributed by atoms with Crippen LogP contribution in [0.3, 0.4) is 0 Å². The third-order valence-corrected chi connectivity index (χ3v) is 3.62. The van der Waals surface area contributed by atoms with Gasteiger partial charge in [0, 0.05) is 12.6 Å². The second-order valence-corrected chi connectivity index (χ2v) is 4.91. The molecular formula is C11H15ClF2N2O2S. The Morgan fingerprint density at radius 2 is 2.42 bits per heavy atom. The maximum Gasteiger partial charge on any atom is 0.387 e. The molecule has 1 aromatic heterocycles.